The van der Waals surface area contributed by atoms with E-state index in [0.29, 0.717) is 6.54 Å². The molecule has 4 heteroatoms. The summed E-state index contributed by atoms with van der Waals surface area (Å²) in [7, 11) is 1.89. The molecule has 0 aromatic rings. The molecule has 114 valence electrons. The molecule has 0 aliphatic carbocycles. The average Bonchev–Trinajstić information content (AvgIpc) is 2.38. The summed E-state index contributed by atoms with van der Waals surface area (Å²) in [6, 6.07) is 0. The van der Waals surface area contributed by atoms with Crippen LogP contribution in [0.1, 0.15) is 46.5 Å². The summed E-state index contributed by atoms with van der Waals surface area (Å²) in [5, 5.41) is 0. The van der Waals surface area contributed by atoms with Crippen LogP contribution in [0.5, 0.6) is 0 Å². The van der Waals surface area contributed by atoms with Crippen molar-refractivity contribution >= 4 is 11.8 Å². The Morgan fingerprint density at radius 1 is 1.10 bits per heavy atom. The summed E-state index contributed by atoms with van der Waals surface area (Å²) in [6.45, 7) is 8.72. The standard InChI is InChI=1S/C16H28N2O2/c1-12-7-5-10-18(14(12)19)11-16(2,3)13-8-6-9-17(4)15(13)20/h12-13H,5-11H2,1-4H3/t12-,13+/m0/s1. The summed E-state index contributed by atoms with van der Waals surface area (Å²) in [5.41, 5.74) is -0.140. The number of hydrogen-bond donors (Lipinski definition) is 0. The van der Waals surface area contributed by atoms with E-state index in [4.69, 9.17) is 0 Å². The first-order valence-electron chi connectivity index (χ1n) is 7.86. The molecule has 2 fully saturated rings. The van der Waals surface area contributed by atoms with Crippen molar-refractivity contribution in [3.8, 4) is 0 Å². The smallest absolute Gasteiger partial charge is 0.226 e. The van der Waals surface area contributed by atoms with Crippen molar-refractivity contribution in [1.82, 2.24) is 9.80 Å². The molecule has 2 heterocycles. The second kappa shape index (κ2) is 5.74. The Bertz CT molecular complexity index is 392. The zero-order valence-electron chi connectivity index (χ0n) is 13.3. The molecule has 20 heavy (non-hydrogen) atoms. The predicted molar refractivity (Wildman–Crippen MR) is 79.1 cm³/mol. The van der Waals surface area contributed by atoms with Crippen LogP contribution in [-0.2, 0) is 9.59 Å². The Balaban J connectivity index is 2.06. The SMILES string of the molecule is C[C@H]1CCCN(CC(C)(C)[C@@H]2CCCN(C)C2=O)C1=O. The van der Waals surface area contributed by atoms with Crippen LogP contribution in [0.15, 0.2) is 0 Å². The number of amides is 2. The first kappa shape index (κ1) is 15.3. The molecule has 2 atom stereocenters. The van der Waals surface area contributed by atoms with Crippen LogP contribution >= 0.6 is 0 Å². The van der Waals surface area contributed by atoms with Gasteiger partial charge in [-0.3, -0.25) is 9.59 Å². The van der Waals surface area contributed by atoms with Gasteiger partial charge in [0.05, 0.1) is 0 Å². The van der Waals surface area contributed by atoms with Gasteiger partial charge >= 0.3 is 0 Å². The maximum absolute atomic E-state index is 12.4. The maximum Gasteiger partial charge on any atom is 0.226 e. The number of piperidine rings is 2. The minimum absolute atomic E-state index is 0.0475. The highest BCUT2D eigenvalue weighted by Gasteiger charge is 2.41. The van der Waals surface area contributed by atoms with Gasteiger partial charge in [-0.15, -0.1) is 0 Å². The Morgan fingerprint density at radius 3 is 2.45 bits per heavy atom. The first-order chi connectivity index (χ1) is 9.33. The van der Waals surface area contributed by atoms with Gasteiger partial charge in [0.2, 0.25) is 11.8 Å². The largest absolute Gasteiger partial charge is 0.346 e. The lowest BCUT2D eigenvalue weighted by Gasteiger charge is -2.43. The maximum atomic E-state index is 12.4. The minimum atomic E-state index is -0.140. The molecular weight excluding hydrogens is 252 g/mol. The minimum Gasteiger partial charge on any atom is -0.346 e. The Hall–Kier alpha value is -1.06. The van der Waals surface area contributed by atoms with Gasteiger partial charge in [-0.2, -0.15) is 0 Å². The summed E-state index contributed by atoms with van der Waals surface area (Å²) < 4.78 is 0. The molecular formula is C16H28N2O2. The van der Waals surface area contributed by atoms with E-state index in [1.54, 1.807) is 0 Å². The Morgan fingerprint density at radius 2 is 1.75 bits per heavy atom. The third kappa shape index (κ3) is 2.99. The fraction of sp³-hybridized carbons (Fsp3) is 0.875. The van der Waals surface area contributed by atoms with Crippen LogP contribution in [0.4, 0.5) is 0 Å². The highest BCUT2D eigenvalue weighted by molar-refractivity contribution is 5.81. The number of carbonyl (C=O) groups is 2. The van der Waals surface area contributed by atoms with Crippen LogP contribution in [0.25, 0.3) is 0 Å². The Labute approximate surface area is 122 Å². The van der Waals surface area contributed by atoms with Gasteiger partial charge in [-0.1, -0.05) is 20.8 Å². The van der Waals surface area contributed by atoms with E-state index in [9.17, 15) is 9.59 Å². The molecule has 0 N–H and O–H groups in total. The summed E-state index contributed by atoms with van der Waals surface area (Å²) in [5.74, 6) is 0.704. The molecule has 2 rings (SSSR count). The molecule has 2 saturated heterocycles. The lowest BCUT2D eigenvalue weighted by Crippen LogP contribution is -2.51. The third-order valence-corrected chi connectivity index (χ3v) is 5.00. The molecule has 0 saturated carbocycles. The zero-order chi connectivity index (χ0) is 14.9. The van der Waals surface area contributed by atoms with Crippen molar-refractivity contribution in [2.45, 2.75) is 46.5 Å². The molecule has 2 amide bonds. The molecule has 0 bridgehead atoms. The van der Waals surface area contributed by atoms with Crippen molar-refractivity contribution in [3.63, 3.8) is 0 Å². The molecule has 2 aliphatic rings. The van der Waals surface area contributed by atoms with E-state index >= 15 is 0 Å². The third-order valence-electron chi connectivity index (χ3n) is 5.00. The number of rotatable bonds is 3. The fourth-order valence-corrected chi connectivity index (χ4v) is 3.65. The molecule has 4 nitrogen and oxygen atoms in total. The number of hydrogen-bond acceptors (Lipinski definition) is 2. The van der Waals surface area contributed by atoms with Crippen LogP contribution in [0.2, 0.25) is 0 Å². The summed E-state index contributed by atoms with van der Waals surface area (Å²) in [6.07, 6.45) is 4.11. The summed E-state index contributed by atoms with van der Waals surface area (Å²) in [4.78, 5) is 28.5. The van der Waals surface area contributed by atoms with Crippen LogP contribution in [0, 0.1) is 17.3 Å². The highest BCUT2D eigenvalue weighted by atomic mass is 16.2. The Kier molecular flexibility index (Phi) is 4.40. The van der Waals surface area contributed by atoms with Crippen LogP contribution in [0.3, 0.4) is 0 Å². The number of nitrogens with zero attached hydrogens (tertiary/aromatic N) is 2. The second-order valence-electron chi connectivity index (χ2n) is 7.25. The topological polar surface area (TPSA) is 40.6 Å². The number of carbonyl (C=O) groups excluding carboxylic acids is 2. The van der Waals surface area contributed by atoms with Crippen LogP contribution in [-0.4, -0.2) is 48.3 Å². The second-order valence-corrected chi connectivity index (χ2v) is 7.25. The number of likely N-dealkylation sites (tertiary alicyclic amines) is 2. The van der Waals surface area contributed by atoms with Crippen molar-refractivity contribution in [2.75, 3.05) is 26.7 Å². The van der Waals surface area contributed by atoms with Gasteiger partial charge < -0.3 is 9.80 Å². The predicted octanol–water partition coefficient (Wildman–Crippen LogP) is 2.14. The molecule has 0 aromatic carbocycles. The highest BCUT2D eigenvalue weighted by Crippen LogP contribution is 2.36. The zero-order valence-corrected chi connectivity index (χ0v) is 13.3. The summed E-state index contributed by atoms with van der Waals surface area (Å²) >= 11 is 0. The van der Waals surface area contributed by atoms with E-state index in [-0.39, 0.29) is 29.1 Å². The van der Waals surface area contributed by atoms with Gasteiger partial charge in [0, 0.05) is 38.5 Å². The molecule has 2 aliphatic heterocycles. The van der Waals surface area contributed by atoms with Gasteiger partial charge in [0.1, 0.15) is 0 Å². The van der Waals surface area contributed by atoms with E-state index < -0.39 is 0 Å². The molecule has 0 spiro atoms. The van der Waals surface area contributed by atoms with E-state index in [1.807, 2.05) is 23.8 Å². The van der Waals surface area contributed by atoms with Crippen LogP contribution < -0.4 is 0 Å². The monoisotopic (exact) mass is 280 g/mol. The van der Waals surface area contributed by atoms with Crippen molar-refractivity contribution in [3.05, 3.63) is 0 Å². The van der Waals surface area contributed by atoms with Crippen molar-refractivity contribution in [1.29, 1.82) is 0 Å². The van der Waals surface area contributed by atoms with E-state index in [1.165, 1.54) is 0 Å². The van der Waals surface area contributed by atoms with Gasteiger partial charge in [0.15, 0.2) is 0 Å². The average molecular weight is 280 g/mol. The van der Waals surface area contributed by atoms with Gasteiger partial charge in [-0.25, -0.2) is 0 Å². The van der Waals surface area contributed by atoms with E-state index in [2.05, 4.69) is 13.8 Å². The molecule has 0 aromatic heterocycles. The lowest BCUT2D eigenvalue weighted by atomic mass is 9.73. The van der Waals surface area contributed by atoms with Gasteiger partial charge in [-0.05, 0) is 31.1 Å². The first-order valence-corrected chi connectivity index (χ1v) is 7.86. The van der Waals surface area contributed by atoms with E-state index in [0.717, 1.165) is 38.8 Å². The van der Waals surface area contributed by atoms with Crippen molar-refractivity contribution in [2.24, 2.45) is 17.3 Å². The fourth-order valence-electron chi connectivity index (χ4n) is 3.65. The lowest BCUT2D eigenvalue weighted by molar-refractivity contribution is -0.147. The normalized spacial score (nSPS) is 29.0. The van der Waals surface area contributed by atoms with Gasteiger partial charge in [0.25, 0.3) is 0 Å². The molecule has 0 unspecified atom stereocenters. The quantitative estimate of drug-likeness (QED) is 0.794. The van der Waals surface area contributed by atoms with Crippen molar-refractivity contribution < 1.29 is 9.59 Å². The molecule has 0 radical (unpaired) electrons.